The Labute approximate surface area is 172 Å². The molecule has 0 atom stereocenters. The third-order valence-corrected chi connectivity index (χ3v) is 7.01. The predicted molar refractivity (Wildman–Crippen MR) is 107 cm³/mol. The van der Waals surface area contributed by atoms with Crippen molar-refractivity contribution in [1.82, 2.24) is 0 Å². The fourth-order valence-electron chi connectivity index (χ4n) is 2.11. The number of nitrogens with one attached hydrogen (secondary N) is 1. The first kappa shape index (κ1) is 22.8. The Balaban J connectivity index is 2.34. The molecule has 0 bridgehead atoms. The van der Waals surface area contributed by atoms with Crippen molar-refractivity contribution in [3.63, 3.8) is 0 Å². The van der Waals surface area contributed by atoms with Crippen molar-refractivity contribution in [2.45, 2.75) is 28.6 Å². The molecule has 1 aromatic heterocycles. The topological polar surface area (TPSA) is 145 Å². The van der Waals surface area contributed by atoms with Gasteiger partial charge < -0.3 is 25.6 Å². The summed E-state index contributed by atoms with van der Waals surface area (Å²) in [6, 6.07) is 6.85. The van der Waals surface area contributed by atoms with E-state index in [9.17, 15) is 23.1 Å². The monoisotopic (exact) mass is 442 g/mol. The summed E-state index contributed by atoms with van der Waals surface area (Å²) in [7, 11) is -2.43. The third kappa shape index (κ3) is 5.54. The van der Waals surface area contributed by atoms with E-state index in [4.69, 9.17) is 15.2 Å². The second-order valence-corrected chi connectivity index (χ2v) is 9.73. The average molecular weight is 443 g/mol. The van der Waals surface area contributed by atoms with Crippen molar-refractivity contribution in [3.8, 4) is 5.75 Å². The maximum absolute atomic E-state index is 12.9. The number of thiophene rings is 1. The van der Waals surface area contributed by atoms with E-state index >= 15 is 0 Å². The van der Waals surface area contributed by atoms with Crippen LogP contribution in [-0.2, 0) is 19.4 Å². The van der Waals surface area contributed by atoms with Crippen LogP contribution in [0.1, 0.15) is 24.2 Å². The molecule has 0 saturated heterocycles. The van der Waals surface area contributed by atoms with Crippen LogP contribution in [0.25, 0.3) is 0 Å². The third-order valence-electron chi connectivity index (χ3n) is 3.71. The summed E-state index contributed by atoms with van der Waals surface area (Å²) in [6.45, 7) is 3.23. The molecule has 0 spiro atoms. The van der Waals surface area contributed by atoms with Gasteiger partial charge >= 0.3 is 0 Å². The van der Waals surface area contributed by atoms with Crippen molar-refractivity contribution in [1.29, 1.82) is 0 Å². The fourth-order valence-corrected chi connectivity index (χ4v) is 4.88. The van der Waals surface area contributed by atoms with Gasteiger partial charge in [-0.3, -0.25) is 9.59 Å². The number of amides is 2. The molecule has 2 aromatic rings. The summed E-state index contributed by atoms with van der Waals surface area (Å²) in [5, 5.41) is 12.1. The summed E-state index contributed by atoms with van der Waals surface area (Å²) in [4.78, 5) is 23.7. The van der Waals surface area contributed by atoms with Gasteiger partial charge in [-0.25, -0.2) is 8.42 Å². The molecule has 0 aliphatic carbocycles. The van der Waals surface area contributed by atoms with E-state index in [0.29, 0.717) is 30.3 Å². The molecule has 0 radical (unpaired) electrons. The van der Waals surface area contributed by atoms with E-state index in [-0.39, 0.29) is 19.7 Å². The van der Waals surface area contributed by atoms with Gasteiger partial charge in [0.1, 0.15) is 27.2 Å². The number of carbonyl (C=O) groups is 2. The lowest BCUT2D eigenvalue weighted by Crippen LogP contribution is -2.36. The second-order valence-electron chi connectivity index (χ2n) is 6.50. The van der Waals surface area contributed by atoms with Crippen LogP contribution in [0.5, 0.6) is 5.75 Å². The van der Waals surface area contributed by atoms with Crippen molar-refractivity contribution in [2.75, 3.05) is 25.6 Å². The van der Waals surface area contributed by atoms with Gasteiger partial charge in [0.15, 0.2) is 0 Å². The highest BCUT2D eigenvalue weighted by molar-refractivity contribution is 7.93. The number of methoxy groups -OCH3 is 1. The normalized spacial score (nSPS) is 11.9. The van der Waals surface area contributed by atoms with Crippen LogP contribution in [-0.4, -0.2) is 51.3 Å². The smallest absolute Gasteiger partial charge is 0.256 e. The quantitative estimate of drug-likeness (QED) is 0.498. The molecule has 9 nitrogen and oxygen atoms in total. The van der Waals surface area contributed by atoms with Crippen LogP contribution in [0.15, 0.2) is 39.4 Å². The number of hydrogen-bond donors (Lipinski definition) is 3. The molecule has 0 saturated carbocycles. The molecule has 158 valence electrons. The Morgan fingerprint density at radius 3 is 2.34 bits per heavy atom. The Morgan fingerprint density at radius 2 is 1.83 bits per heavy atom. The Kier molecular flexibility index (Phi) is 7.01. The minimum atomic E-state index is -3.97. The van der Waals surface area contributed by atoms with Crippen molar-refractivity contribution < 1.29 is 32.6 Å². The van der Waals surface area contributed by atoms with Crippen LogP contribution in [0.3, 0.4) is 0 Å². The van der Waals surface area contributed by atoms with Gasteiger partial charge in [-0.05, 0) is 44.2 Å². The molecule has 2 amide bonds. The highest BCUT2D eigenvalue weighted by Gasteiger charge is 2.29. The second kappa shape index (κ2) is 8.91. The number of ether oxygens (including phenoxy) is 2. The maximum Gasteiger partial charge on any atom is 0.256 e. The Morgan fingerprint density at radius 1 is 1.21 bits per heavy atom. The van der Waals surface area contributed by atoms with Gasteiger partial charge in [0, 0.05) is 7.11 Å². The number of hydrogen-bond acceptors (Lipinski definition) is 8. The molecule has 11 heteroatoms. The van der Waals surface area contributed by atoms with Gasteiger partial charge in [0.05, 0.1) is 17.1 Å². The average Bonchev–Trinajstić information content (AvgIpc) is 3.06. The van der Waals surface area contributed by atoms with Crippen LogP contribution >= 0.6 is 11.3 Å². The lowest BCUT2D eigenvalue weighted by molar-refractivity contribution is -0.130. The Bertz CT molecular complexity index is 990. The summed E-state index contributed by atoms with van der Waals surface area (Å²) in [5.74, 6) is -1.23. The lowest BCUT2D eigenvalue weighted by atomic mass is 10.1. The maximum atomic E-state index is 12.9. The number of anilines is 1. The number of rotatable bonds is 9. The molecule has 2 rings (SSSR count). The zero-order chi connectivity index (χ0) is 21.8. The first-order valence-electron chi connectivity index (χ1n) is 8.41. The van der Waals surface area contributed by atoms with E-state index in [1.165, 1.54) is 38.1 Å². The molecule has 0 aliphatic rings. The Hall–Kier alpha value is -2.47. The fraction of sp³-hybridized carbons (Fsp3) is 0.333. The van der Waals surface area contributed by atoms with Gasteiger partial charge in [-0.1, -0.05) is 0 Å². The molecular formula is C18H22N2O7S2. The van der Waals surface area contributed by atoms with Crippen LogP contribution in [0.2, 0.25) is 0 Å². The minimum Gasteiger partial charge on any atom is -0.491 e. The van der Waals surface area contributed by atoms with Crippen molar-refractivity contribution in [2.24, 2.45) is 5.73 Å². The van der Waals surface area contributed by atoms with Crippen molar-refractivity contribution >= 4 is 38.0 Å². The standard InChI is InChI=1S/C18H22N2O7S2/c1-18(2,23)17(22)20-16-13(15(19)21)10-14(28-16)29(24,25)12-6-4-11(5-7-12)27-9-8-26-3/h4-7,10,23H,8-9H2,1-3H3,(H2,19,21)(H,20,22). The molecule has 1 aromatic carbocycles. The van der Waals surface area contributed by atoms with Crippen LogP contribution in [0.4, 0.5) is 5.00 Å². The number of carbonyl (C=O) groups excluding carboxylic acids is 2. The zero-order valence-corrected chi connectivity index (χ0v) is 17.7. The SMILES string of the molecule is COCCOc1ccc(S(=O)(=O)c2cc(C(N)=O)c(NC(=O)C(C)(C)O)s2)cc1. The molecular weight excluding hydrogens is 420 g/mol. The van der Waals surface area contributed by atoms with Gasteiger partial charge in [0.25, 0.3) is 11.8 Å². The van der Waals surface area contributed by atoms with Gasteiger partial charge in [0.2, 0.25) is 9.84 Å². The lowest BCUT2D eigenvalue weighted by Gasteiger charge is -2.16. The minimum absolute atomic E-state index is 0.0192. The summed E-state index contributed by atoms with van der Waals surface area (Å²) in [6.07, 6.45) is 0. The summed E-state index contributed by atoms with van der Waals surface area (Å²) >= 11 is 0.675. The number of primary amides is 1. The van der Waals surface area contributed by atoms with Gasteiger partial charge in [-0.2, -0.15) is 0 Å². The van der Waals surface area contributed by atoms with E-state index < -0.39 is 27.3 Å². The summed E-state index contributed by atoms with van der Waals surface area (Å²) < 4.78 is 35.9. The first-order chi connectivity index (χ1) is 13.5. The molecule has 29 heavy (non-hydrogen) atoms. The summed E-state index contributed by atoms with van der Waals surface area (Å²) in [5.41, 5.74) is 3.42. The number of nitrogens with two attached hydrogens (primary N) is 1. The van der Waals surface area contributed by atoms with Crippen LogP contribution in [0, 0.1) is 0 Å². The number of benzene rings is 1. The number of aliphatic hydroxyl groups is 1. The zero-order valence-electron chi connectivity index (χ0n) is 16.1. The highest BCUT2D eigenvalue weighted by atomic mass is 32.2. The molecule has 0 unspecified atom stereocenters. The van der Waals surface area contributed by atoms with E-state index in [2.05, 4.69) is 5.32 Å². The first-order valence-corrected chi connectivity index (χ1v) is 10.7. The van der Waals surface area contributed by atoms with E-state index in [0.717, 1.165) is 6.07 Å². The molecule has 4 N–H and O–H groups in total. The largest absolute Gasteiger partial charge is 0.491 e. The number of sulfone groups is 1. The van der Waals surface area contributed by atoms with E-state index in [1.807, 2.05) is 0 Å². The van der Waals surface area contributed by atoms with Gasteiger partial charge in [-0.15, -0.1) is 11.3 Å². The molecule has 1 heterocycles. The van der Waals surface area contributed by atoms with Crippen LogP contribution < -0.4 is 15.8 Å². The van der Waals surface area contributed by atoms with E-state index in [1.54, 1.807) is 7.11 Å². The predicted octanol–water partition coefficient (Wildman–Crippen LogP) is 1.41. The molecule has 0 fully saturated rings. The molecule has 0 aliphatic heterocycles. The van der Waals surface area contributed by atoms with Crippen molar-refractivity contribution in [3.05, 3.63) is 35.9 Å². The highest BCUT2D eigenvalue weighted by Crippen LogP contribution is 2.35.